The zero-order valence-corrected chi connectivity index (χ0v) is 16.7. The van der Waals surface area contributed by atoms with Gasteiger partial charge in [0.15, 0.2) is 11.5 Å². The number of aromatic nitrogens is 2. The predicted octanol–water partition coefficient (Wildman–Crippen LogP) is 3.60. The molecule has 3 heterocycles. The third kappa shape index (κ3) is 3.55. The highest BCUT2D eigenvalue weighted by Gasteiger charge is 2.22. The minimum Gasteiger partial charge on any atom is -0.493 e. The summed E-state index contributed by atoms with van der Waals surface area (Å²) < 4.78 is 18.1. The van der Waals surface area contributed by atoms with Gasteiger partial charge in [0.2, 0.25) is 5.88 Å². The Labute approximate surface area is 168 Å². The van der Waals surface area contributed by atoms with Gasteiger partial charge in [0.1, 0.15) is 0 Å². The van der Waals surface area contributed by atoms with E-state index in [0.29, 0.717) is 45.8 Å². The van der Waals surface area contributed by atoms with Crippen molar-refractivity contribution < 1.29 is 24.1 Å². The van der Waals surface area contributed by atoms with Gasteiger partial charge in [0.05, 0.1) is 37.2 Å². The third-order valence-corrected chi connectivity index (χ3v) is 5.39. The molecule has 0 amide bonds. The van der Waals surface area contributed by atoms with E-state index in [1.54, 1.807) is 25.3 Å². The molecule has 1 N–H and O–H groups in total. The Kier molecular flexibility index (Phi) is 5.44. The second-order valence-corrected chi connectivity index (χ2v) is 7.10. The third-order valence-electron chi connectivity index (χ3n) is 5.39. The van der Waals surface area contributed by atoms with Crippen LogP contribution in [0.3, 0.4) is 0 Å². The van der Waals surface area contributed by atoms with Crippen LogP contribution in [0.4, 0.5) is 4.79 Å². The number of fused-ring (bicyclic) bond motifs is 3. The Bertz CT molecular complexity index is 1040. The smallest absolute Gasteiger partial charge is 0.416 e. The lowest BCUT2D eigenvalue weighted by atomic mass is 10.1. The average molecular weight is 399 g/mol. The molecule has 3 aromatic rings. The first kappa shape index (κ1) is 19.3. The van der Waals surface area contributed by atoms with Crippen LogP contribution in [-0.2, 0) is 0 Å². The van der Waals surface area contributed by atoms with E-state index in [9.17, 15) is 9.90 Å². The van der Waals surface area contributed by atoms with Crippen LogP contribution >= 0.6 is 0 Å². The Hall–Kier alpha value is -3.00. The molecule has 4 rings (SSSR count). The lowest BCUT2D eigenvalue weighted by Gasteiger charge is -2.15. The normalized spacial score (nSPS) is 14.6. The van der Waals surface area contributed by atoms with Gasteiger partial charge in [-0.15, -0.1) is 0 Å². The van der Waals surface area contributed by atoms with E-state index in [1.165, 1.54) is 30.7 Å². The number of likely N-dealkylation sites (tertiary alicyclic amines) is 1. The van der Waals surface area contributed by atoms with Gasteiger partial charge in [-0.3, -0.25) is 0 Å². The molecule has 1 fully saturated rings. The van der Waals surface area contributed by atoms with Crippen LogP contribution in [0, 0.1) is 0 Å². The molecule has 0 atom stereocenters. The molecule has 29 heavy (non-hydrogen) atoms. The van der Waals surface area contributed by atoms with E-state index in [0.717, 1.165) is 26.1 Å². The van der Waals surface area contributed by atoms with Crippen molar-refractivity contribution in [1.82, 2.24) is 14.5 Å². The van der Waals surface area contributed by atoms with Gasteiger partial charge in [0, 0.05) is 24.2 Å². The first-order valence-electron chi connectivity index (χ1n) is 9.77. The highest BCUT2D eigenvalue weighted by molar-refractivity contribution is 6.15. The maximum atomic E-state index is 12.0. The van der Waals surface area contributed by atoms with Gasteiger partial charge in [-0.1, -0.05) is 0 Å². The molecule has 1 saturated heterocycles. The molecule has 1 aliphatic rings. The van der Waals surface area contributed by atoms with Crippen molar-refractivity contribution in [3.63, 3.8) is 0 Å². The first-order valence-corrected chi connectivity index (χ1v) is 9.77. The van der Waals surface area contributed by atoms with E-state index in [2.05, 4.69) is 9.88 Å². The molecule has 154 valence electrons. The molecule has 0 spiro atoms. The van der Waals surface area contributed by atoms with Crippen molar-refractivity contribution in [2.45, 2.75) is 19.3 Å². The summed E-state index contributed by atoms with van der Waals surface area (Å²) in [6.07, 6.45) is 3.89. The van der Waals surface area contributed by atoms with Gasteiger partial charge in [-0.25, -0.2) is 14.3 Å². The van der Waals surface area contributed by atoms with Crippen molar-refractivity contribution in [2.24, 2.45) is 0 Å². The van der Waals surface area contributed by atoms with Crippen molar-refractivity contribution >= 4 is 27.9 Å². The lowest BCUT2D eigenvalue weighted by Crippen LogP contribution is -2.21. The lowest BCUT2D eigenvalue weighted by molar-refractivity contribution is 0.198. The second kappa shape index (κ2) is 8.16. The number of nitrogens with zero attached hydrogens (tertiary/aromatic N) is 3. The molecule has 8 nitrogen and oxygen atoms in total. The molecular weight excluding hydrogens is 374 g/mol. The summed E-state index contributed by atoms with van der Waals surface area (Å²) in [5.74, 6) is 1.45. The van der Waals surface area contributed by atoms with Crippen molar-refractivity contribution in [3.05, 3.63) is 24.4 Å². The standard InChI is InChI=1S/C21H25N3O5/c1-27-17-12-14-16(13-18(17)29-11-5-10-23-8-3-4-9-23)24(21(25)26)15-6-7-22-20(28-2)19(14)15/h6-7,12-13H,3-5,8-11H2,1-2H3,(H,25,26). The zero-order valence-electron chi connectivity index (χ0n) is 16.7. The molecule has 1 aromatic carbocycles. The molecule has 0 saturated carbocycles. The highest BCUT2D eigenvalue weighted by Crippen LogP contribution is 2.40. The minimum atomic E-state index is -1.08. The maximum absolute atomic E-state index is 12.0. The van der Waals surface area contributed by atoms with E-state index in [1.807, 2.05) is 0 Å². The summed E-state index contributed by atoms with van der Waals surface area (Å²) in [5, 5.41) is 11.1. The largest absolute Gasteiger partial charge is 0.493 e. The van der Waals surface area contributed by atoms with Gasteiger partial charge >= 0.3 is 6.09 Å². The summed E-state index contributed by atoms with van der Waals surface area (Å²) in [6, 6.07) is 5.17. The number of hydrogen-bond donors (Lipinski definition) is 1. The van der Waals surface area contributed by atoms with Crippen molar-refractivity contribution in [3.8, 4) is 17.4 Å². The predicted molar refractivity (Wildman–Crippen MR) is 110 cm³/mol. The Morgan fingerprint density at radius 1 is 1.14 bits per heavy atom. The average Bonchev–Trinajstić information content (AvgIpc) is 3.35. The Balaban J connectivity index is 1.71. The van der Waals surface area contributed by atoms with Gasteiger partial charge in [-0.2, -0.15) is 0 Å². The molecule has 2 aromatic heterocycles. The SMILES string of the molecule is COc1cc2c3c(OC)nccc3n(C(=O)O)c2cc1OCCCN1CCCC1. The van der Waals surface area contributed by atoms with Crippen LogP contribution in [0.1, 0.15) is 19.3 Å². The number of pyridine rings is 1. The fraction of sp³-hybridized carbons (Fsp3) is 0.429. The fourth-order valence-electron chi connectivity index (χ4n) is 4.05. The maximum Gasteiger partial charge on any atom is 0.416 e. The topological polar surface area (TPSA) is 86.0 Å². The van der Waals surface area contributed by atoms with E-state index >= 15 is 0 Å². The number of benzene rings is 1. The summed E-state index contributed by atoms with van der Waals surface area (Å²) in [5.41, 5.74) is 1.02. The molecule has 0 bridgehead atoms. The summed E-state index contributed by atoms with van der Waals surface area (Å²) in [6.45, 7) is 3.85. The van der Waals surface area contributed by atoms with Crippen LogP contribution in [0.2, 0.25) is 0 Å². The number of carbonyl (C=O) groups is 1. The monoisotopic (exact) mass is 399 g/mol. The number of rotatable bonds is 7. The van der Waals surface area contributed by atoms with Crippen molar-refractivity contribution in [1.29, 1.82) is 0 Å². The summed E-state index contributed by atoms with van der Waals surface area (Å²) in [4.78, 5) is 18.6. The fourth-order valence-corrected chi connectivity index (χ4v) is 4.05. The Morgan fingerprint density at radius 2 is 1.93 bits per heavy atom. The van der Waals surface area contributed by atoms with Gasteiger partial charge < -0.3 is 24.2 Å². The summed E-state index contributed by atoms with van der Waals surface area (Å²) in [7, 11) is 3.09. The first-order chi connectivity index (χ1) is 14.1. The van der Waals surface area contributed by atoms with E-state index < -0.39 is 6.09 Å². The molecule has 0 aliphatic carbocycles. The highest BCUT2D eigenvalue weighted by atomic mass is 16.5. The molecule has 8 heteroatoms. The second-order valence-electron chi connectivity index (χ2n) is 7.10. The molecule has 1 aliphatic heterocycles. The van der Waals surface area contributed by atoms with Crippen LogP contribution in [0.5, 0.6) is 17.4 Å². The molecule has 0 unspecified atom stereocenters. The van der Waals surface area contributed by atoms with E-state index in [4.69, 9.17) is 14.2 Å². The van der Waals surface area contributed by atoms with Crippen LogP contribution in [-0.4, -0.2) is 66.1 Å². The van der Waals surface area contributed by atoms with Crippen LogP contribution in [0.25, 0.3) is 21.8 Å². The number of ether oxygens (including phenoxy) is 3. The number of carboxylic acid groups (broad SMARTS) is 1. The van der Waals surface area contributed by atoms with E-state index in [-0.39, 0.29) is 0 Å². The zero-order chi connectivity index (χ0) is 20.4. The van der Waals surface area contributed by atoms with Crippen LogP contribution < -0.4 is 14.2 Å². The quantitative estimate of drug-likeness (QED) is 0.608. The molecule has 0 radical (unpaired) electrons. The van der Waals surface area contributed by atoms with Gasteiger partial charge in [-0.05, 0) is 44.5 Å². The van der Waals surface area contributed by atoms with Gasteiger partial charge in [0.25, 0.3) is 0 Å². The van der Waals surface area contributed by atoms with Crippen molar-refractivity contribution in [2.75, 3.05) is 40.5 Å². The summed E-state index contributed by atoms with van der Waals surface area (Å²) >= 11 is 0. The Morgan fingerprint density at radius 3 is 2.62 bits per heavy atom. The van der Waals surface area contributed by atoms with Crippen LogP contribution in [0.15, 0.2) is 24.4 Å². The molecular formula is C21H25N3O5. The minimum absolute atomic E-state index is 0.369. The number of hydrogen-bond acceptors (Lipinski definition) is 6. The number of methoxy groups -OCH3 is 2.